The van der Waals surface area contributed by atoms with Crippen molar-refractivity contribution in [1.82, 2.24) is 4.72 Å². The number of sulfonamides is 1. The molecule has 2 N–H and O–H groups in total. The summed E-state index contributed by atoms with van der Waals surface area (Å²) in [7, 11) is -4.73. The van der Waals surface area contributed by atoms with Crippen LogP contribution < -0.4 is 4.72 Å². The van der Waals surface area contributed by atoms with E-state index in [0.29, 0.717) is 25.9 Å². The van der Waals surface area contributed by atoms with Crippen LogP contribution in [0.3, 0.4) is 0 Å². The Morgan fingerprint density at radius 3 is 2.38 bits per heavy atom. The molecule has 2 saturated carbocycles. The molecule has 11 nitrogen and oxygen atoms in total. The molecule has 0 aromatic heterocycles. The van der Waals surface area contributed by atoms with E-state index >= 15 is 0 Å². The summed E-state index contributed by atoms with van der Waals surface area (Å²) in [5.74, 6) is 0.113. The van der Waals surface area contributed by atoms with Crippen molar-refractivity contribution < 1.29 is 37.1 Å². The van der Waals surface area contributed by atoms with Gasteiger partial charge in [0.2, 0.25) is 10.0 Å². The summed E-state index contributed by atoms with van der Waals surface area (Å²) < 4.78 is 54.8. The zero-order chi connectivity index (χ0) is 35.2. The molecule has 4 rings (SSSR count). The number of fused-ring (bicyclic) bond motifs is 1. The number of methoxy groups -OCH3 is 1. The summed E-state index contributed by atoms with van der Waals surface area (Å²) >= 11 is 0. The number of nitro groups is 1. The molecule has 2 aliphatic carbocycles. The van der Waals surface area contributed by atoms with Crippen LogP contribution in [-0.2, 0) is 35.3 Å². The van der Waals surface area contributed by atoms with Gasteiger partial charge in [-0.05, 0) is 80.1 Å². The molecule has 0 unspecified atom stereocenters. The quantitative estimate of drug-likeness (QED) is 0.0626. The first kappa shape index (κ1) is 38.6. The van der Waals surface area contributed by atoms with Crippen LogP contribution in [-0.4, -0.2) is 72.1 Å². The van der Waals surface area contributed by atoms with Crippen LogP contribution in [0.5, 0.6) is 0 Å². The largest absolute Gasteiger partial charge is 0.411 e. The van der Waals surface area contributed by atoms with E-state index in [1.807, 2.05) is 30.3 Å². The van der Waals surface area contributed by atoms with Crippen molar-refractivity contribution in [3.05, 3.63) is 70.3 Å². The number of nitrogens with zero attached hydrogens (tertiary/aromatic N) is 1. The number of rotatable bonds is 17. The highest BCUT2D eigenvalue weighted by molar-refractivity contribution is 7.89. The normalized spacial score (nSPS) is 26.4. The number of hydrogen-bond acceptors (Lipinski definition) is 9. The van der Waals surface area contributed by atoms with Gasteiger partial charge in [-0.1, -0.05) is 63.2 Å². The van der Waals surface area contributed by atoms with Crippen molar-refractivity contribution in [3.8, 4) is 0 Å². The monoisotopic (exact) mass is 706 g/mol. The summed E-state index contributed by atoms with van der Waals surface area (Å²) in [6.07, 6.45) is 3.34. The van der Waals surface area contributed by atoms with E-state index in [1.54, 1.807) is 7.11 Å². The summed E-state index contributed by atoms with van der Waals surface area (Å²) in [5, 5.41) is 22.1. The number of ether oxygens (including phenoxy) is 3. The summed E-state index contributed by atoms with van der Waals surface area (Å²) in [6, 6.07) is 15.4. The lowest BCUT2D eigenvalue weighted by Crippen LogP contribution is -2.59. The Bertz CT molecular complexity index is 1450. The number of nitro benzene ring substituents is 1. The molecule has 0 spiro atoms. The van der Waals surface area contributed by atoms with Crippen molar-refractivity contribution in [2.75, 3.05) is 27.1 Å². The lowest BCUT2D eigenvalue weighted by Gasteiger charge is -2.54. The number of benzene rings is 2. The second-order valence-electron chi connectivity index (χ2n) is 14.7. The zero-order valence-corrected chi connectivity index (χ0v) is 31.0. The van der Waals surface area contributed by atoms with Gasteiger partial charge in [0.15, 0.2) is 13.2 Å². The summed E-state index contributed by atoms with van der Waals surface area (Å²) in [6.45, 7) is 11.7. The summed E-state index contributed by atoms with van der Waals surface area (Å²) in [5.41, 5.74) is 0.0932. The van der Waals surface area contributed by atoms with E-state index in [9.17, 15) is 23.6 Å². The average Bonchev–Trinajstić information content (AvgIpc) is 3.34. The van der Waals surface area contributed by atoms with Crippen LogP contribution in [0, 0.1) is 27.4 Å². The fourth-order valence-electron chi connectivity index (χ4n) is 7.67. The maximum atomic E-state index is 13.2. The van der Waals surface area contributed by atoms with Gasteiger partial charge in [-0.25, -0.2) is 13.1 Å². The van der Waals surface area contributed by atoms with Crippen LogP contribution in [0.2, 0.25) is 18.1 Å². The van der Waals surface area contributed by atoms with Crippen LogP contribution in [0.15, 0.2) is 59.5 Å². The minimum Gasteiger partial charge on any atom is -0.411 e. The Hall–Kier alpha value is -2.23. The van der Waals surface area contributed by atoms with Gasteiger partial charge in [0.25, 0.3) is 5.69 Å². The Balaban J connectivity index is 1.65. The fourth-order valence-corrected chi connectivity index (χ4v) is 10.3. The number of para-hydroxylation sites is 1. The Labute approximate surface area is 287 Å². The molecule has 13 heteroatoms. The number of aliphatic hydroxyl groups excluding tert-OH is 1. The first-order valence-corrected chi connectivity index (χ1v) is 21.3. The predicted molar refractivity (Wildman–Crippen MR) is 186 cm³/mol. The molecule has 2 aromatic carbocycles. The molecule has 2 aromatic rings. The van der Waals surface area contributed by atoms with Crippen LogP contribution >= 0.6 is 0 Å². The SMILES string of the molecule is COCO[C@@H]1[C@@H](O[Si](C)(C)C(C)(C)C)CC[C@H]2C[C@@H](OCc3ccccc3)[C@H](CCCNS(=O)(=O)c3ccccc3[N+](=O)[O-])[C@]21CCO. The van der Waals surface area contributed by atoms with Crippen molar-refractivity contribution in [1.29, 1.82) is 0 Å². The molecule has 48 heavy (non-hydrogen) atoms. The molecule has 0 bridgehead atoms. The molecule has 2 fully saturated rings. The maximum Gasteiger partial charge on any atom is 0.289 e. The van der Waals surface area contributed by atoms with E-state index in [0.717, 1.165) is 24.8 Å². The van der Waals surface area contributed by atoms with Crippen LogP contribution in [0.25, 0.3) is 0 Å². The van der Waals surface area contributed by atoms with Crippen LogP contribution in [0.1, 0.15) is 64.9 Å². The number of hydrogen-bond donors (Lipinski definition) is 2. The topological polar surface area (TPSA) is 146 Å². The highest BCUT2D eigenvalue weighted by Gasteiger charge is 2.63. The molecule has 0 radical (unpaired) electrons. The molecule has 0 saturated heterocycles. The molecule has 0 amide bonds. The van der Waals surface area contributed by atoms with E-state index in [2.05, 4.69) is 38.6 Å². The van der Waals surface area contributed by atoms with E-state index in [-0.39, 0.29) is 60.0 Å². The van der Waals surface area contributed by atoms with Gasteiger partial charge in [0, 0.05) is 31.7 Å². The molecule has 2 aliphatic rings. The summed E-state index contributed by atoms with van der Waals surface area (Å²) in [4.78, 5) is 10.5. The molecular formula is C35H54N2O9SSi. The van der Waals surface area contributed by atoms with E-state index < -0.39 is 34.4 Å². The smallest absolute Gasteiger partial charge is 0.289 e. The number of aliphatic hydroxyl groups is 1. The molecule has 0 heterocycles. The Kier molecular flexibility index (Phi) is 13.0. The van der Waals surface area contributed by atoms with Crippen molar-refractivity contribution in [2.45, 2.75) is 107 Å². The molecule has 0 aliphatic heterocycles. The zero-order valence-electron chi connectivity index (χ0n) is 29.2. The van der Waals surface area contributed by atoms with Gasteiger partial charge in [-0.3, -0.25) is 10.1 Å². The van der Waals surface area contributed by atoms with Crippen molar-refractivity contribution in [3.63, 3.8) is 0 Å². The van der Waals surface area contributed by atoms with Gasteiger partial charge in [-0.15, -0.1) is 0 Å². The molecule has 6 atom stereocenters. The third kappa shape index (κ3) is 8.55. The lowest BCUT2D eigenvalue weighted by molar-refractivity contribution is -0.387. The van der Waals surface area contributed by atoms with Crippen LogP contribution in [0.4, 0.5) is 5.69 Å². The highest BCUT2D eigenvalue weighted by Crippen LogP contribution is 2.61. The fraction of sp³-hybridized carbons (Fsp3) is 0.657. The number of nitrogens with one attached hydrogen (secondary N) is 1. The Morgan fingerprint density at radius 2 is 1.73 bits per heavy atom. The standard InChI is InChI=1S/C35H54N2O9SSi/c1-34(2,3)48(5,6)46-30-19-18-27-23-31(44-24-26-13-8-7-9-14-26)28(35(27,20-22-38)33(30)45-25-43-4)15-12-21-36-47(41,42)32-17-11-10-16-29(32)37(39)40/h7-11,13-14,16-17,27-28,30-31,33,36,38H,12,15,18-25H2,1-6H3/t27-,28-,30-,31+,33+,35-/m0/s1. The predicted octanol–water partition coefficient (Wildman–Crippen LogP) is 6.42. The Morgan fingerprint density at radius 1 is 1.04 bits per heavy atom. The molecule has 268 valence electrons. The maximum absolute atomic E-state index is 13.2. The molecular weight excluding hydrogens is 653 g/mol. The average molecular weight is 707 g/mol. The van der Waals surface area contributed by atoms with E-state index in [1.165, 1.54) is 24.3 Å². The lowest BCUT2D eigenvalue weighted by atomic mass is 9.59. The van der Waals surface area contributed by atoms with Gasteiger partial charge in [0.1, 0.15) is 6.79 Å². The second-order valence-corrected chi connectivity index (χ2v) is 21.2. The second kappa shape index (κ2) is 16.2. The third-order valence-electron chi connectivity index (χ3n) is 10.9. The minimum absolute atomic E-state index is 0.0127. The van der Waals surface area contributed by atoms with Crippen molar-refractivity contribution in [2.24, 2.45) is 17.3 Å². The first-order chi connectivity index (χ1) is 22.7. The van der Waals surface area contributed by atoms with Gasteiger partial charge < -0.3 is 23.7 Å². The van der Waals surface area contributed by atoms with Crippen molar-refractivity contribution >= 4 is 24.0 Å². The van der Waals surface area contributed by atoms with Gasteiger partial charge in [-0.2, -0.15) is 0 Å². The first-order valence-electron chi connectivity index (χ1n) is 17.0. The highest BCUT2D eigenvalue weighted by atomic mass is 32.2. The minimum atomic E-state index is -4.13. The van der Waals surface area contributed by atoms with Gasteiger partial charge in [0.05, 0.1) is 29.8 Å². The third-order valence-corrected chi connectivity index (χ3v) is 16.9. The van der Waals surface area contributed by atoms with E-state index in [4.69, 9.17) is 18.6 Å². The van der Waals surface area contributed by atoms with Gasteiger partial charge >= 0.3 is 0 Å².